The molecule has 22 heavy (non-hydrogen) atoms. The number of esters is 1. The summed E-state index contributed by atoms with van der Waals surface area (Å²) < 4.78 is 4.70. The van der Waals surface area contributed by atoms with Crippen molar-refractivity contribution in [3.8, 4) is 0 Å². The maximum atomic E-state index is 12.1. The summed E-state index contributed by atoms with van der Waals surface area (Å²) in [5.74, 6) is -0.390. The number of rotatable bonds is 2. The molecule has 1 aromatic carbocycles. The van der Waals surface area contributed by atoms with Crippen molar-refractivity contribution in [2.45, 2.75) is 12.8 Å². The minimum absolute atomic E-state index is 0.0383. The average Bonchev–Trinajstić information content (AvgIpc) is 2.72. The summed E-state index contributed by atoms with van der Waals surface area (Å²) in [6.07, 6.45) is 3.62. The lowest BCUT2D eigenvalue weighted by atomic mass is 10.0. The number of Topliss-reactive ketones (excluding diaryl/α,β-unsaturated/α-hetero) is 1. The van der Waals surface area contributed by atoms with E-state index < -0.39 is 5.97 Å². The Bertz CT molecular complexity index is 769. The normalized spacial score (nSPS) is 13.9. The molecule has 3 rings (SSSR count). The molecule has 0 saturated heterocycles. The van der Waals surface area contributed by atoms with E-state index in [2.05, 4.69) is 15.2 Å². The largest absolute Gasteiger partial charge is 0.465 e. The van der Waals surface area contributed by atoms with Gasteiger partial charge in [-0.2, -0.15) is 10.2 Å². The topological polar surface area (TPSA) is 81.5 Å². The minimum atomic E-state index is -0.429. The van der Waals surface area contributed by atoms with Gasteiger partial charge in [-0.1, -0.05) is 0 Å². The van der Waals surface area contributed by atoms with Gasteiger partial charge < -0.3 is 4.74 Å². The maximum absolute atomic E-state index is 12.1. The Morgan fingerprint density at radius 3 is 2.77 bits per heavy atom. The molecule has 1 aliphatic rings. The fourth-order valence-electron chi connectivity index (χ4n) is 2.36. The van der Waals surface area contributed by atoms with Crippen LogP contribution in [0.15, 0.2) is 41.7 Å². The van der Waals surface area contributed by atoms with Crippen molar-refractivity contribution in [1.82, 2.24) is 10.2 Å². The first-order valence-electron chi connectivity index (χ1n) is 6.75. The minimum Gasteiger partial charge on any atom is -0.465 e. The lowest BCUT2D eigenvalue weighted by Gasteiger charge is -2.05. The van der Waals surface area contributed by atoms with Gasteiger partial charge >= 0.3 is 5.97 Å². The van der Waals surface area contributed by atoms with E-state index in [1.807, 2.05) is 0 Å². The van der Waals surface area contributed by atoms with Gasteiger partial charge in [0.05, 0.1) is 36.5 Å². The van der Waals surface area contributed by atoms with Crippen LogP contribution in [0.5, 0.6) is 0 Å². The van der Waals surface area contributed by atoms with Crippen LogP contribution in [0.2, 0.25) is 0 Å². The quantitative estimate of drug-likeness (QED) is 0.790. The molecule has 0 N–H and O–H groups in total. The van der Waals surface area contributed by atoms with Gasteiger partial charge in [0.15, 0.2) is 0 Å². The van der Waals surface area contributed by atoms with E-state index in [1.165, 1.54) is 7.11 Å². The Hall–Kier alpha value is -2.89. The fourth-order valence-corrected chi connectivity index (χ4v) is 2.36. The van der Waals surface area contributed by atoms with Gasteiger partial charge in [-0.15, -0.1) is 0 Å². The SMILES string of the molecule is COC(=O)c1ccc2c(c1)CC(=O)CC(c1ccnnc1)=N2. The lowest BCUT2D eigenvalue weighted by Crippen LogP contribution is -2.09. The Morgan fingerprint density at radius 2 is 2.05 bits per heavy atom. The van der Waals surface area contributed by atoms with Gasteiger partial charge in [0.25, 0.3) is 0 Å². The zero-order valence-electron chi connectivity index (χ0n) is 11.9. The smallest absolute Gasteiger partial charge is 0.337 e. The third kappa shape index (κ3) is 2.76. The van der Waals surface area contributed by atoms with E-state index in [0.717, 1.165) is 11.1 Å². The van der Waals surface area contributed by atoms with Crippen LogP contribution in [-0.2, 0) is 16.0 Å². The summed E-state index contributed by atoms with van der Waals surface area (Å²) in [5.41, 5.74) is 3.26. The van der Waals surface area contributed by atoms with Crippen LogP contribution in [-0.4, -0.2) is 34.8 Å². The zero-order chi connectivity index (χ0) is 15.5. The molecule has 2 heterocycles. The van der Waals surface area contributed by atoms with Gasteiger partial charge in [0.2, 0.25) is 0 Å². The summed E-state index contributed by atoms with van der Waals surface area (Å²) in [7, 11) is 1.33. The number of hydrogen-bond donors (Lipinski definition) is 0. The van der Waals surface area contributed by atoms with E-state index >= 15 is 0 Å². The Morgan fingerprint density at radius 1 is 1.18 bits per heavy atom. The lowest BCUT2D eigenvalue weighted by molar-refractivity contribution is -0.117. The summed E-state index contributed by atoms with van der Waals surface area (Å²) in [4.78, 5) is 28.3. The first-order valence-corrected chi connectivity index (χ1v) is 6.75. The van der Waals surface area contributed by atoms with Gasteiger partial charge in [0, 0.05) is 18.4 Å². The Kier molecular flexibility index (Phi) is 3.74. The van der Waals surface area contributed by atoms with Gasteiger partial charge in [0.1, 0.15) is 5.78 Å². The number of methoxy groups -OCH3 is 1. The maximum Gasteiger partial charge on any atom is 0.337 e. The van der Waals surface area contributed by atoms with Crippen LogP contribution < -0.4 is 0 Å². The van der Waals surface area contributed by atoms with Crippen LogP contribution in [0.3, 0.4) is 0 Å². The van der Waals surface area contributed by atoms with Crippen molar-refractivity contribution in [3.63, 3.8) is 0 Å². The first-order chi connectivity index (χ1) is 10.7. The third-order valence-electron chi connectivity index (χ3n) is 3.43. The number of carbonyl (C=O) groups is 2. The number of hydrogen-bond acceptors (Lipinski definition) is 6. The zero-order valence-corrected chi connectivity index (χ0v) is 11.9. The van der Waals surface area contributed by atoms with Gasteiger partial charge in [-0.05, 0) is 29.8 Å². The standard InChI is InChI=1S/C16H13N3O3/c1-22-16(21)10-2-3-14-12(6-10)7-13(20)8-15(19-14)11-4-5-17-18-9-11/h2-6,9H,7-8H2,1H3. The molecule has 0 amide bonds. The molecule has 1 aromatic heterocycles. The number of aliphatic imine (C=N–C) groups is 1. The highest BCUT2D eigenvalue weighted by atomic mass is 16.5. The van der Waals surface area contributed by atoms with Crippen molar-refractivity contribution in [1.29, 1.82) is 0 Å². The molecular formula is C16H13N3O3. The number of nitrogens with zero attached hydrogens (tertiary/aromatic N) is 3. The molecule has 110 valence electrons. The highest BCUT2D eigenvalue weighted by Gasteiger charge is 2.19. The number of carbonyl (C=O) groups excluding carboxylic acids is 2. The molecule has 2 aromatic rings. The second-order valence-corrected chi connectivity index (χ2v) is 4.92. The number of ether oxygens (including phenoxy) is 1. The molecule has 6 nitrogen and oxygen atoms in total. The second kappa shape index (κ2) is 5.85. The van der Waals surface area contributed by atoms with Crippen LogP contribution >= 0.6 is 0 Å². The van der Waals surface area contributed by atoms with Gasteiger partial charge in [-0.3, -0.25) is 9.79 Å². The molecule has 6 heteroatoms. The first kappa shape index (κ1) is 14.1. The predicted molar refractivity (Wildman–Crippen MR) is 79.3 cm³/mol. The predicted octanol–water partition coefficient (Wildman–Crippen LogP) is 1.90. The summed E-state index contributed by atoms with van der Waals surface area (Å²) in [5, 5.41) is 7.54. The summed E-state index contributed by atoms with van der Waals surface area (Å²) >= 11 is 0. The number of aromatic nitrogens is 2. The molecule has 0 bridgehead atoms. The number of benzene rings is 1. The summed E-state index contributed by atoms with van der Waals surface area (Å²) in [6.45, 7) is 0. The Labute approximate surface area is 126 Å². The monoisotopic (exact) mass is 295 g/mol. The third-order valence-corrected chi connectivity index (χ3v) is 3.43. The molecule has 1 aliphatic heterocycles. The van der Waals surface area contributed by atoms with Crippen LogP contribution in [0.25, 0.3) is 0 Å². The number of fused-ring (bicyclic) bond motifs is 1. The van der Waals surface area contributed by atoms with E-state index in [0.29, 0.717) is 17.0 Å². The average molecular weight is 295 g/mol. The Balaban J connectivity index is 2.06. The van der Waals surface area contributed by atoms with Crippen LogP contribution in [0, 0.1) is 0 Å². The highest BCUT2D eigenvalue weighted by Crippen LogP contribution is 2.27. The van der Waals surface area contributed by atoms with E-state index in [1.54, 1.807) is 36.7 Å². The molecule has 0 atom stereocenters. The van der Waals surface area contributed by atoms with Crippen molar-refractivity contribution < 1.29 is 14.3 Å². The molecule has 0 unspecified atom stereocenters. The van der Waals surface area contributed by atoms with Crippen molar-refractivity contribution in [3.05, 3.63) is 53.3 Å². The van der Waals surface area contributed by atoms with Crippen molar-refractivity contribution >= 4 is 23.2 Å². The van der Waals surface area contributed by atoms with Crippen LogP contribution in [0.1, 0.15) is 27.9 Å². The summed E-state index contributed by atoms with van der Waals surface area (Å²) in [6, 6.07) is 6.81. The highest BCUT2D eigenvalue weighted by molar-refractivity contribution is 6.13. The van der Waals surface area contributed by atoms with E-state index in [9.17, 15) is 9.59 Å². The molecule has 0 spiro atoms. The fraction of sp³-hybridized carbons (Fsp3) is 0.188. The molecule has 0 fully saturated rings. The molecular weight excluding hydrogens is 282 g/mol. The second-order valence-electron chi connectivity index (χ2n) is 4.92. The van der Waals surface area contributed by atoms with E-state index in [-0.39, 0.29) is 18.6 Å². The molecule has 0 saturated carbocycles. The van der Waals surface area contributed by atoms with Crippen molar-refractivity contribution in [2.75, 3.05) is 7.11 Å². The molecule has 0 aliphatic carbocycles. The van der Waals surface area contributed by atoms with E-state index in [4.69, 9.17) is 4.74 Å². The molecule has 0 radical (unpaired) electrons. The van der Waals surface area contributed by atoms with Crippen LogP contribution in [0.4, 0.5) is 5.69 Å². The van der Waals surface area contributed by atoms with Crippen molar-refractivity contribution in [2.24, 2.45) is 4.99 Å². The van der Waals surface area contributed by atoms with Gasteiger partial charge in [-0.25, -0.2) is 4.79 Å². The number of ketones is 1.